The van der Waals surface area contributed by atoms with Gasteiger partial charge < -0.3 is 0 Å². The van der Waals surface area contributed by atoms with Gasteiger partial charge in [0.15, 0.2) is 11.6 Å². The number of aldehydes is 1. The summed E-state index contributed by atoms with van der Waals surface area (Å²) in [6.45, 7) is 0. The maximum absolute atomic E-state index is 13.0. The fourth-order valence-electron chi connectivity index (χ4n) is 0.851. The number of hydrogen-bond acceptors (Lipinski definition) is 1. The summed E-state index contributed by atoms with van der Waals surface area (Å²) in [6, 6.07) is 2.54. The van der Waals surface area contributed by atoms with E-state index in [1.165, 1.54) is 18.2 Å². The van der Waals surface area contributed by atoms with Gasteiger partial charge in [-0.15, -0.1) is 0 Å². The fourth-order valence-corrected chi connectivity index (χ4v) is 0.851. The van der Waals surface area contributed by atoms with E-state index in [2.05, 4.69) is 0 Å². The van der Waals surface area contributed by atoms with Crippen molar-refractivity contribution in [3.8, 4) is 0 Å². The second-order valence-corrected chi connectivity index (χ2v) is 2.37. The highest BCUT2D eigenvalue weighted by molar-refractivity contribution is 6.32. The Kier molecular flexibility index (Phi) is 2.95. The first-order valence-electron chi connectivity index (χ1n) is 3.52. The van der Waals surface area contributed by atoms with Crippen LogP contribution in [0.25, 0.3) is 6.08 Å². The van der Waals surface area contributed by atoms with E-state index in [4.69, 9.17) is 7.85 Å². The molecule has 0 saturated carbocycles. The molecule has 0 heterocycles. The van der Waals surface area contributed by atoms with Crippen molar-refractivity contribution in [2.45, 2.75) is 0 Å². The van der Waals surface area contributed by atoms with E-state index in [1.807, 2.05) is 0 Å². The minimum absolute atomic E-state index is 0.00111. The number of carbonyl (C=O) groups is 1. The third-order valence-electron chi connectivity index (χ3n) is 1.50. The van der Waals surface area contributed by atoms with Crippen LogP contribution in [0.2, 0.25) is 0 Å². The van der Waals surface area contributed by atoms with Gasteiger partial charge in [-0.25, -0.2) is 8.78 Å². The van der Waals surface area contributed by atoms with Crippen LogP contribution >= 0.6 is 0 Å². The normalized spacial score (nSPS) is 10.6. The molecule has 0 fully saturated rings. The maximum atomic E-state index is 13.0. The number of halogens is 2. The van der Waals surface area contributed by atoms with Crippen LogP contribution < -0.4 is 5.46 Å². The summed E-state index contributed by atoms with van der Waals surface area (Å²) in [4.78, 5) is 9.91. The first-order valence-corrected chi connectivity index (χ1v) is 3.52. The molecule has 4 heteroatoms. The molecule has 0 saturated heterocycles. The molecule has 13 heavy (non-hydrogen) atoms. The van der Waals surface area contributed by atoms with E-state index in [0.717, 1.165) is 6.08 Å². The largest absolute Gasteiger partial charge is 0.299 e. The van der Waals surface area contributed by atoms with Crippen molar-refractivity contribution in [3.05, 3.63) is 35.4 Å². The van der Waals surface area contributed by atoms with Crippen LogP contribution in [0, 0.1) is 11.6 Å². The molecule has 1 aromatic carbocycles. The van der Waals surface area contributed by atoms with Gasteiger partial charge in [0.2, 0.25) is 0 Å². The van der Waals surface area contributed by atoms with Crippen molar-refractivity contribution in [1.82, 2.24) is 0 Å². The van der Waals surface area contributed by atoms with Crippen molar-refractivity contribution < 1.29 is 13.6 Å². The molecule has 0 bridgehead atoms. The summed E-state index contributed by atoms with van der Waals surface area (Å²) in [7, 11) is 5.11. The summed E-state index contributed by atoms with van der Waals surface area (Å²) < 4.78 is 25.8. The second kappa shape index (κ2) is 3.98. The minimum atomic E-state index is -1.09. The van der Waals surface area contributed by atoms with E-state index >= 15 is 0 Å². The van der Waals surface area contributed by atoms with E-state index in [1.54, 1.807) is 0 Å². The molecule has 0 unspecified atom stereocenters. The molecule has 1 rings (SSSR count). The molecule has 0 spiro atoms. The van der Waals surface area contributed by atoms with Gasteiger partial charge in [-0.3, -0.25) is 4.79 Å². The van der Waals surface area contributed by atoms with E-state index < -0.39 is 11.6 Å². The highest BCUT2D eigenvalue weighted by Gasteiger charge is 2.07. The van der Waals surface area contributed by atoms with Crippen LogP contribution in [0.3, 0.4) is 0 Å². The SMILES string of the molecule is [B]c1ccc(/C=C/C=O)c(F)c1F. The Morgan fingerprint density at radius 3 is 2.54 bits per heavy atom. The molecular weight excluding hydrogens is 173 g/mol. The average molecular weight is 178 g/mol. The third kappa shape index (κ3) is 2.02. The molecule has 0 aromatic heterocycles. The average Bonchev–Trinajstić information content (AvgIpc) is 2.13. The Bertz CT molecular complexity index is 361. The van der Waals surface area contributed by atoms with Gasteiger partial charge in [0.25, 0.3) is 0 Å². The van der Waals surface area contributed by atoms with Crippen LogP contribution in [0.4, 0.5) is 8.78 Å². The van der Waals surface area contributed by atoms with Crippen LogP contribution in [-0.2, 0) is 4.79 Å². The maximum Gasteiger partial charge on any atom is 0.165 e. The van der Waals surface area contributed by atoms with Crippen LogP contribution in [0.15, 0.2) is 18.2 Å². The number of allylic oxidation sites excluding steroid dienone is 1. The van der Waals surface area contributed by atoms with Crippen molar-refractivity contribution in [2.24, 2.45) is 0 Å². The predicted octanol–water partition coefficient (Wildman–Crippen LogP) is 0.971. The van der Waals surface area contributed by atoms with Crippen molar-refractivity contribution in [2.75, 3.05) is 0 Å². The molecule has 2 radical (unpaired) electrons. The monoisotopic (exact) mass is 178 g/mol. The van der Waals surface area contributed by atoms with Gasteiger partial charge in [0.1, 0.15) is 14.1 Å². The Morgan fingerprint density at radius 2 is 1.92 bits per heavy atom. The summed E-state index contributed by atoms with van der Waals surface area (Å²) in [6.07, 6.45) is 2.73. The Labute approximate surface area is 75.5 Å². The minimum Gasteiger partial charge on any atom is -0.299 e. The van der Waals surface area contributed by atoms with Crippen LogP contribution in [-0.4, -0.2) is 14.1 Å². The van der Waals surface area contributed by atoms with Crippen molar-refractivity contribution in [1.29, 1.82) is 0 Å². The Morgan fingerprint density at radius 1 is 1.23 bits per heavy atom. The van der Waals surface area contributed by atoms with E-state index in [0.29, 0.717) is 6.29 Å². The molecule has 0 aliphatic carbocycles. The number of benzene rings is 1. The van der Waals surface area contributed by atoms with Gasteiger partial charge >= 0.3 is 0 Å². The molecule has 0 aliphatic heterocycles. The zero-order chi connectivity index (χ0) is 9.84. The van der Waals surface area contributed by atoms with Gasteiger partial charge in [0.05, 0.1) is 0 Å². The van der Waals surface area contributed by atoms with Gasteiger partial charge in [-0.1, -0.05) is 17.6 Å². The van der Waals surface area contributed by atoms with Crippen molar-refractivity contribution in [3.63, 3.8) is 0 Å². The topological polar surface area (TPSA) is 17.1 Å². The molecule has 0 atom stereocenters. The lowest BCUT2D eigenvalue weighted by Crippen LogP contribution is -2.11. The first-order chi connectivity index (χ1) is 6.16. The quantitative estimate of drug-likeness (QED) is 0.374. The van der Waals surface area contributed by atoms with Crippen LogP contribution in [0.5, 0.6) is 0 Å². The third-order valence-corrected chi connectivity index (χ3v) is 1.50. The summed E-state index contributed by atoms with van der Waals surface area (Å²) >= 11 is 0. The lowest BCUT2D eigenvalue weighted by molar-refractivity contribution is -0.104. The lowest BCUT2D eigenvalue weighted by atomic mass is 9.94. The van der Waals surface area contributed by atoms with E-state index in [9.17, 15) is 13.6 Å². The zero-order valence-corrected chi connectivity index (χ0v) is 6.63. The van der Waals surface area contributed by atoms with Crippen LogP contribution in [0.1, 0.15) is 5.56 Å². The Balaban J connectivity index is 3.17. The molecule has 0 aliphatic rings. The lowest BCUT2D eigenvalue weighted by Gasteiger charge is -2.00. The van der Waals surface area contributed by atoms with Gasteiger partial charge in [0, 0.05) is 5.56 Å². The number of carbonyl (C=O) groups excluding carboxylic acids is 1. The highest BCUT2D eigenvalue weighted by atomic mass is 19.2. The fraction of sp³-hybridized carbons (Fsp3) is 0. The van der Waals surface area contributed by atoms with Gasteiger partial charge in [-0.2, -0.15) is 0 Å². The Hall–Kier alpha value is -1.45. The zero-order valence-electron chi connectivity index (χ0n) is 6.63. The number of rotatable bonds is 2. The number of hydrogen-bond donors (Lipinski definition) is 0. The summed E-state index contributed by atoms with van der Waals surface area (Å²) in [5.74, 6) is -2.13. The van der Waals surface area contributed by atoms with Crippen molar-refractivity contribution >= 4 is 25.7 Å². The van der Waals surface area contributed by atoms with Gasteiger partial charge in [-0.05, 0) is 12.2 Å². The molecule has 0 amide bonds. The summed E-state index contributed by atoms with van der Waals surface area (Å²) in [5.41, 5.74) is -0.250. The molecule has 0 N–H and O–H groups in total. The standard InChI is InChI=1S/C9H5BF2O/c10-7-4-3-6(2-1-5-13)8(11)9(7)12/h1-5H/b2-1+. The highest BCUT2D eigenvalue weighted by Crippen LogP contribution is 2.10. The molecule has 1 nitrogen and oxygen atoms in total. The molecular formula is C9H5BF2O. The summed E-state index contributed by atoms with van der Waals surface area (Å²) in [5, 5.41) is 0. The van der Waals surface area contributed by atoms with E-state index in [-0.39, 0.29) is 11.0 Å². The first kappa shape index (κ1) is 9.64. The smallest absolute Gasteiger partial charge is 0.165 e. The molecule has 64 valence electrons. The molecule has 1 aromatic rings. The predicted molar refractivity (Wildman–Crippen MR) is 46.8 cm³/mol. The second-order valence-electron chi connectivity index (χ2n) is 2.37.